The third-order valence-corrected chi connectivity index (χ3v) is 4.42. The summed E-state index contributed by atoms with van der Waals surface area (Å²) in [4.78, 5) is 26.3. The summed E-state index contributed by atoms with van der Waals surface area (Å²) in [6.07, 6.45) is 2.02. The van der Waals surface area contributed by atoms with Gasteiger partial charge in [0.2, 0.25) is 0 Å². The number of carbonyl (C=O) groups is 2. The molecule has 4 rings (SSSR count). The molecule has 3 aromatic rings. The standard InChI is InChI=1S/C18H15FN6O2/c19-15-6-5-14(25-11-20-22-23-25)9-16(15)21-17(26)18(27)24-8-7-12-3-1-2-4-13(12)10-24/h1-6,9,11H,7-8,10H2,(H,21,26). The maximum atomic E-state index is 14.1. The zero-order chi connectivity index (χ0) is 18.8. The fourth-order valence-corrected chi connectivity index (χ4v) is 3.02. The quantitative estimate of drug-likeness (QED) is 0.691. The van der Waals surface area contributed by atoms with E-state index in [1.165, 1.54) is 39.7 Å². The Kier molecular flexibility index (Phi) is 4.33. The highest BCUT2D eigenvalue weighted by Gasteiger charge is 2.26. The topological polar surface area (TPSA) is 93.0 Å². The van der Waals surface area contributed by atoms with E-state index >= 15 is 0 Å². The lowest BCUT2D eigenvalue weighted by atomic mass is 10.00. The van der Waals surface area contributed by atoms with Gasteiger partial charge in [0.1, 0.15) is 12.1 Å². The first-order valence-electron chi connectivity index (χ1n) is 8.32. The predicted molar refractivity (Wildman–Crippen MR) is 93.3 cm³/mol. The highest BCUT2D eigenvalue weighted by atomic mass is 19.1. The van der Waals surface area contributed by atoms with Gasteiger partial charge in [-0.05, 0) is 46.2 Å². The van der Waals surface area contributed by atoms with Crippen LogP contribution in [0, 0.1) is 5.82 Å². The molecule has 0 atom stereocenters. The summed E-state index contributed by atoms with van der Waals surface area (Å²) in [6, 6.07) is 11.8. The van der Waals surface area contributed by atoms with Gasteiger partial charge in [-0.3, -0.25) is 9.59 Å². The van der Waals surface area contributed by atoms with Gasteiger partial charge in [-0.25, -0.2) is 9.07 Å². The minimum atomic E-state index is -0.887. The third-order valence-electron chi connectivity index (χ3n) is 4.42. The number of aromatic nitrogens is 4. The van der Waals surface area contributed by atoms with E-state index in [2.05, 4.69) is 20.8 Å². The number of anilines is 1. The van der Waals surface area contributed by atoms with Crippen molar-refractivity contribution in [2.75, 3.05) is 11.9 Å². The van der Waals surface area contributed by atoms with Gasteiger partial charge in [0.25, 0.3) is 0 Å². The maximum Gasteiger partial charge on any atom is 0.313 e. The summed E-state index contributed by atoms with van der Waals surface area (Å²) in [5.74, 6) is -2.24. The highest BCUT2D eigenvalue weighted by molar-refractivity contribution is 6.39. The first-order valence-corrected chi connectivity index (χ1v) is 8.32. The molecule has 8 nitrogen and oxygen atoms in total. The molecule has 2 amide bonds. The number of nitrogens with one attached hydrogen (secondary N) is 1. The molecule has 0 bridgehead atoms. The normalized spacial score (nSPS) is 13.1. The van der Waals surface area contributed by atoms with Gasteiger partial charge in [0.15, 0.2) is 0 Å². The summed E-state index contributed by atoms with van der Waals surface area (Å²) in [6.45, 7) is 0.798. The van der Waals surface area contributed by atoms with Crippen molar-refractivity contribution in [3.05, 3.63) is 65.7 Å². The summed E-state index contributed by atoms with van der Waals surface area (Å²) < 4.78 is 15.4. The van der Waals surface area contributed by atoms with Crippen molar-refractivity contribution in [1.29, 1.82) is 0 Å². The lowest BCUT2D eigenvalue weighted by Crippen LogP contribution is -2.42. The number of tetrazole rings is 1. The van der Waals surface area contributed by atoms with Crippen LogP contribution in [0.25, 0.3) is 5.69 Å². The molecule has 2 heterocycles. The van der Waals surface area contributed by atoms with Gasteiger partial charge >= 0.3 is 11.8 Å². The van der Waals surface area contributed by atoms with Crippen LogP contribution in [0.5, 0.6) is 0 Å². The molecule has 2 aromatic carbocycles. The van der Waals surface area contributed by atoms with E-state index in [0.29, 0.717) is 25.2 Å². The van der Waals surface area contributed by atoms with E-state index in [1.54, 1.807) is 0 Å². The van der Waals surface area contributed by atoms with Crippen LogP contribution >= 0.6 is 0 Å². The Hall–Kier alpha value is -3.62. The zero-order valence-electron chi connectivity index (χ0n) is 14.2. The summed E-state index contributed by atoms with van der Waals surface area (Å²) in [7, 11) is 0. The number of benzene rings is 2. The molecule has 0 unspecified atom stereocenters. The summed E-state index contributed by atoms with van der Waals surface area (Å²) in [5, 5.41) is 13.1. The molecule has 0 saturated carbocycles. The fraction of sp³-hybridized carbons (Fsp3) is 0.167. The van der Waals surface area contributed by atoms with E-state index in [1.807, 2.05) is 24.3 Å². The Morgan fingerprint density at radius 2 is 1.93 bits per heavy atom. The molecule has 136 valence electrons. The second-order valence-electron chi connectivity index (χ2n) is 6.12. The van der Waals surface area contributed by atoms with Crippen molar-refractivity contribution in [2.45, 2.75) is 13.0 Å². The highest BCUT2D eigenvalue weighted by Crippen LogP contribution is 2.20. The number of hydrogen-bond acceptors (Lipinski definition) is 5. The van der Waals surface area contributed by atoms with Crippen LogP contribution in [0.2, 0.25) is 0 Å². The van der Waals surface area contributed by atoms with Crippen LogP contribution in [0.4, 0.5) is 10.1 Å². The molecule has 1 aliphatic rings. The van der Waals surface area contributed by atoms with Crippen LogP contribution in [0.1, 0.15) is 11.1 Å². The van der Waals surface area contributed by atoms with Crippen LogP contribution < -0.4 is 5.32 Å². The fourth-order valence-electron chi connectivity index (χ4n) is 3.02. The van der Waals surface area contributed by atoms with E-state index < -0.39 is 17.6 Å². The molecule has 1 aromatic heterocycles. The van der Waals surface area contributed by atoms with Gasteiger partial charge in [0.05, 0.1) is 11.4 Å². The van der Waals surface area contributed by atoms with Crippen LogP contribution in [0.15, 0.2) is 48.8 Å². The Morgan fingerprint density at radius 3 is 2.70 bits per heavy atom. The lowest BCUT2D eigenvalue weighted by Gasteiger charge is -2.28. The number of amides is 2. The zero-order valence-corrected chi connectivity index (χ0v) is 14.2. The number of halogens is 1. The Morgan fingerprint density at radius 1 is 1.11 bits per heavy atom. The SMILES string of the molecule is O=C(Nc1cc(-n2cnnn2)ccc1F)C(=O)N1CCc2ccccc2C1. The number of hydrogen-bond donors (Lipinski definition) is 1. The average molecular weight is 366 g/mol. The molecule has 1 N–H and O–H groups in total. The smallest absolute Gasteiger partial charge is 0.313 e. The maximum absolute atomic E-state index is 14.1. The molecule has 1 aliphatic heterocycles. The van der Waals surface area contributed by atoms with Gasteiger partial charge in [-0.15, -0.1) is 5.10 Å². The van der Waals surface area contributed by atoms with Crippen molar-refractivity contribution in [2.24, 2.45) is 0 Å². The minimum absolute atomic E-state index is 0.112. The van der Waals surface area contributed by atoms with Crippen molar-refractivity contribution >= 4 is 17.5 Å². The van der Waals surface area contributed by atoms with Gasteiger partial charge in [-0.1, -0.05) is 24.3 Å². The Balaban J connectivity index is 1.49. The lowest BCUT2D eigenvalue weighted by molar-refractivity contribution is -0.143. The van der Waals surface area contributed by atoms with Crippen molar-refractivity contribution < 1.29 is 14.0 Å². The molecule has 0 spiro atoms. The van der Waals surface area contributed by atoms with E-state index in [9.17, 15) is 14.0 Å². The number of rotatable bonds is 2. The molecule has 0 radical (unpaired) electrons. The molecular formula is C18H15FN6O2. The molecule has 0 aliphatic carbocycles. The first kappa shape index (κ1) is 16.8. The van der Waals surface area contributed by atoms with E-state index in [0.717, 1.165) is 5.56 Å². The van der Waals surface area contributed by atoms with Crippen LogP contribution in [-0.2, 0) is 22.6 Å². The number of nitrogens with zero attached hydrogens (tertiary/aromatic N) is 5. The van der Waals surface area contributed by atoms with Crippen LogP contribution in [-0.4, -0.2) is 43.5 Å². The third kappa shape index (κ3) is 3.39. The van der Waals surface area contributed by atoms with Gasteiger partial charge < -0.3 is 10.2 Å². The first-order chi connectivity index (χ1) is 13.1. The molecule has 9 heteroatoms. The van der Waals surface area contributed by atoms with E-state index in [4.69, 9.17) is 0 Å². The molecule has 0 saturated heterocycles. The summed E-state index contributed by atoms with van der Waals surface area (Å²) in [5.41, 5.74) is 2.52. The predicted octanol–water partition coefficient (Wildman–Crippen LogP) is 1.32. The largest absolute Gasteiger partial charge is 0.330 e. The number of fused-ring (bicyclic) bond motifs is 1. The van der Waals surface area contributed by atoms with Crippen molar-refractivity contribution in [1.82, 2.24) is 25.1 Å². The Labute approximate surface area is 153 Å². The van der Waals surface area contributed by atoms with E-state index in [-0.39, 0.29) is 5.69 Å². The molecular weight excluding hydrogens is 351 g/mol. The minimum Gasteiger partial charge on any atom is -0.330 e. The second kappa shape index (κ2) is 6.94. The van der Waals surface area contributed by atoms with Gasteiger partial charge in [-0.2, -0.15) is 0 Å². The second-order valence-corrected chi connectivity index (χ2v) is 6.12. The summed E-state index contributed by atoms with van der Waals surface area (Å²) >= 11 is 0. The number of carbonyl (C=O) groups excluding carboxylic acids is 2. The van der Waals surface area contributed by atoms with Crippen LogP contribution in [0.3, 0.4) is 0 Å². The Bertz CT molecular complexity index is 1000. The van der Waals surface area contributed by atoms with Crippen molar-refractivity contribution in [3.8, 4) is 5.69 Å². The molecule has 27 heavy (non-hydrogen) atoms. The monoisotopic (exact) mass is 366 g/mol. The molecule has 0 fully saturated rings. The van der Waals surface area contributed by atoms with Gasteiger partial charge in [0, 0.05) is 13.1 Å². The average Bonchev–Trinajstić information content (AvgIpc) is 3.23. The van der Waals surface area contributed by atoms with Crippen molar-refractivity contribution in [3.63, 3.8) is 0 Å².